The molecule has 108 valence electrons. The van der Waals surface area contributed by atoms with Gasteiger partial charge in [-0.25, -0.2) is 0 Å². The Morgan fingerprint density at radius 2 is 1.70 bits per heavy atom. The molecule has 1 aromatic heterocycles. The molecule has 20 heavy (non-hydrogen) atoms. The molecule has 0 radical (unpaired) electrons. The Morgan fingerprint density at radius 3 is 2.20 bits per heavy atom. The average Bonchev–Trinajstić information content (AvgIpc) is 2.73. The Bertz CT molecular complexity index is 591. The van der Waals surface area contributed by atoms with Crippen molar-refractivity contribution in [1.29, 1.82) is 0 Å². The Labute approximate surface area is 128 Å². The number of rotatable bonds is 5. The van der Waals surface area contributed by atoms with Crippen molar-refractivity contribution in [3.8, 4) is 21.9 Å². The molecule has 0 aliphatic rings. The molecular weight excluding hydrogens is 294 g/mol. The van der Waals surface area contributed by atoms with Crippen LogP contribution in [-0.4, -0.2) is 13.2 Å². The summed E-state index contributed by atoms with van der Waals surface area (Å²) in [6, 6.07) is 5.77. The van der Waals surface area contributed by atoms with E-state index in [1.54, 1.807) is 0 Å². The molecule has 1 aromatic carbocycles. The molecular formula is C15H18ClNO2S. The van der Waals surface area contributed by atoms with E-state index in [9.17, 15) is 0 Å². The Hall–Kier alpha value is -1.39. The van der Waals surface area contributed by atoms with Crippen LogP contribution in [0.5, 0.6) is 11.5 Å². The highest BCUT2D eigenvalue weighted by atomic mass is 35.5. The minimum atomic E-state index is 0.572. The number of aryl methyl sites for hydroxylation is 1. The number of anilines is 1. The first-order chi connectivity index (χ1) is 9.56. The molecule has 0 amide bonds. The highest BCUT2D eigenvalue weighted by Gasteiger charge is 2.14. The molecule has 0 saturated heterocycles. The number of ether oxygens (including phenoxy) is 2. The lowest BCUT2D eigenvalue weighted by atomic mass is 10.1. The summed E-state index contributed by atoms with van der Waals surface area (Å²) in [5, 5.41) is 0. The van der Waals surface area contributed by atoms with Gasteiger partial charge in [-0.15, -0.1) is 11.3 Å². The van der Waals surface area contributed by atoms with Crippen LogP contribution in [0, 0.1) is 6.92 Å². The SMILES string of the molecule is CCOc1cc(N)c(-c2cc(C)c(Cl)s2)cc1OCC. The minimum Gasteiger partial charge on any atom is -0.490 e. The molecule has 2 rings (SSSR count). The van der Waals surface area contributed by atoms with Crippen molar-refractivity contribution in [3.05, 3.63) is 28.1 Å². The Balaban J connectivity index is 2.50. The van der Waals surface area contributed by atoms with Crippen molar-refractivity contribution in [2.75, 3.05) is 18.9 Å². The second-order valence-corrected chi connectivity index (χ2v) is 5.97. The van der Waals surface area contributed by atoms with Crippen LogP contribution in [0.2, 0.25) is 4.34 Å². The van der Waals surface area contributed by atoms with Crippen LogP contribution >= 0.6 is 22.9 Å². The van der Waals surface area contributed by atoms with Crippen LogP contribution < -0.4 is 15.2 Å². The molecule has 2 aromatic rings. The van der Waals surface area contributed by atoms with Crippen LogP contribution in [0.4, 0.5) is 5.69 Å². The fourth-order valence-electron chi connectivity index (χ4n) is 1.92. The molecule has 0 unspecified atom stereocenters. The van der Waals surface area contributed by atoms with E-state index in [0.29, 0.717) is 30.4 Å². The predicted octanol–water partition coefficient (Wildman–Crippen LogP) is 4.76. The largest absolute Gasteiger partial charge is 0.490 e. The van der Waals surface area contributed by atoms with Crippen molar-refractivity contribution in [2.45, 2.75) is 20.8 Å². The fourth-order valence-corrected chi connectivity index (χ4v) is 3.16. The summed E-state index contributed by atoms with van der Waals surface area (Å²) in [5.74, 6) is 1.38. The number of thiophene rings is 1. The van der Waals surface area contributed by atoms with Crippen molar-refractivity contribution < 1.29 is 9.47 Å². The zero-order valence-corrected chi connectivity index (χ0v) is 13.4. The number of nitrogen functional groups attached to an aromatic ring is 1. The second-order valence-electron chi connectivity index (χ2n) is 4.32. The molecule has 0 aliphatic heterocycles. The van der Waals surface area contributed by atoms with Crippen LogP contribution in [0.15, 0.2) is 18.2 Å². The monoisotopic (exact) mass is 311 g/mol. The standard InChI is InChI=1S/C15H18ClNO2S/c1-4-18-12-7-10(11(17)8-13(12)19-5-2)14-6-9(3)15(16)20-14/h6-8H,4-5,17H2,1-3H3. The second kappa shape index (κ2) is 6.37. The van der Waals surface area contributed by atoms with Crippen LogP contribution in [0.1, 0.15) is 19.4 Å². The third-order valence-electron chi connectivity index (χ3n) is 2.84. The van der Waals surface area contributed by atoms with Gasteiger partial charge in [-0.2, -0.15) is 0 Å². The zero-order valence-electron chi connectivity index (χ0n) is 11.8. The molecule has 3 nitrogen and oxygen atoms in total. The normalized spacial score (nSPS) is 10.6. The molecule has 0 aliphatic carbocycles. The highest BCUT2D eigenvalue weighted by molar-refractivity contribution is 7.19. The van der Waals surface area contributed by atoms with Gasteiger partial charge >= 0.3 is 0 Å². The van der Waals surface area contributed by atoms with E-state index < -0.39 is 0 Å². The lowest BCUT2D eigenvalue weighted by molar-refractivity contribution is 0.288. The van der Waals surface area contributed by atoms with Gasteiger partial charge < -0.3 is 15.2 Å². The summed E-state index contributed by atoms with van der Waals surface area (Å²) in [6.45, 7) is 7.01. The molecule has 0 saturated carbocycles. The van der Waals surface area contributed by atoms with Gasteiger partial charge in [0.25, 0.3) is 0 Å². The summed E-state index contributed by atoms with van der Waals surface area (Å²) < 4.78 is 12.0. The lowest BCUT2D eigenvalue weighted by Crippen LogP contribution is -2.00. The van der Waals surface area contributed by atoms with Gasteiger partial charge in [0.05, 0.1) is 17.6 Å². The number of halogens is 1. The molecule has 2 N–H and O–H groups in total. The minimum absolute atomic E-state index is 0.572. The van der Waals surface area contributed by atoms with E-state index in [0.717, 1.165) is 20.3 Å². The number of hydrogen-bond acceptors (Lipinski definition) is 4. The van der Waals surface area contributed by atoms with Gasteiger partial charge in [0.2, 0.25) is 0 Å². The zero-order chi connectivity index (χ0) is 14.7. The third kappa shape index (κ3) is 3.02. The molecule has 0 atom stereocenters. The van der Waals surface area contributed by atoms with Crippen LogP contribution in [0.25, 0.3) is 10.4 Å². The molecule has 1 heterocycles. The van der Waals surface area contributed by atoms with Crippen molar-refractivity contribution in [2.24, 2.45) is 0 Å². The predicted molar refractivity (Wildman–Crippen MR) is 86.3 cm³/mol. The van der Waals surface area contributed by atoms with Crippen molar-refractivity contribution >= 4 is 28.6 Å². The number of benzene rings is 1. The van der Waals surface area contributed by atoms with E-state index in [-0.39, 0.29) is 0 Å². The number of hydrogen-bond donors (Lipinski definition) is 1. The summed E-state index contributed by atoms with van der Waals surface area (Å²) in [6.07, 6.45) is 0. The van der Waals surface area contributed by atoms with E-state index >= 15 is 0 Å². The Kier molecular flexibility index (Phi) is 4.78. The Morgan fingerprint density at radius 1 is 1.10 bits per heavy atom. The average molecular weight is 312 g/mol. The van der Waals surface area contributed by atoms with Gasteiger partial charge in [-0.1, -0.05) is 11.6 Å². The molecule has 0 fully saturated rings. The number of nitrogens with two attached hydrogens (primary N) is 1. The first kappa shape index (κ1) is 15.0. The van der Waals surface area contributed by atoms with Gasteiger partial charge in [-0.3, -0.25) is 0 Å². The summed E-state index contributed by atoms with van der Waals surface area (Å²) in [4.78, 5) is 1.04. The van der Waals surface area contributed by atoms with Gasteiger partial charge in [0.1, 0.15) is 0 Å². The molecule has 0 bridgehead atoms. The molecule has 5 heteroatoms. The first-order valence-electron chi connectivity index (χ1n) is 6.52. The van der Waals surface area contributed by atoms with E-state index in [1.165, 1.54) is 11.3 Å². The van der Waals surface area contributed by atoms with E-state index in [4.69, 9.17) is 26.8 Å². The van der Waals surface area contributed by atoms with Crippen molar-refractivity contribution in [1.82, 2.24) is 0 Å². The van der Waals surface area contributed by atoms with Crippen LogP contribution in [0.3, 0.4) is 0 Å². The fraction of sp³-hybridized carbons (Fsp3) is 0.333. The summed E-state index contributed by atoms with van der Waals surface area (Å²) >= 11 is 7.65. The smallest absolute Gasteiger partial charge is 0.163 e. The maximum absolute atomic E-state index is 6.14. The first-order valence-corrected chi connectivity index (χ1v) is 7.71. The lowest BCUT2D eigenvalue weighted by Gasteiger charge is -2.14. The van der Waals surface area contributed by atoms with Gasteiger partial charge in [-0.05, 0) is 38.5 Å². The van der Waals surface area contributed by atoms with Crippen molar-refractivity contribution in [3.63, 3.8) is 0 Å². The molecule has 0 spiro atoms. The maximum Gasteiger partial charge on any atom is 0.163 e. The summed E-state index contributed by atoms with van der Waals surface area (Å²) in [5.41, 5.74) is 8.78. The van der Waals surface area contributed by atoms with E-state index in [1.807, 2.05) is 39.0 Å². The van der Waals surface area contributed by atoms with Gasteiger partial charge in [0, 0.05) is 22.2 Å². The van der Waals surface area contributed by atoms with Crippen LogP contribution in [-0.2, 0) is 0 Å². The van der Waals surface area contributed by atoms with Gasteiger partial charge in [0.15, 0.2) is 11.5 Å². The third-order valence-corrected chi connectivity index (χ3v) is 4.43. The van der Waals surface area contributed by atoms with E-state index in [2.05, 4.69) is 0 Å². The topological polar surface area (TPSA) is 44.5 Å². The summed E-state index contributed by atoms with van der Waals surface area (Å²) in [7, 11) is 0. The highest BCUT2D eigenvalue weighted by Crippen LogP contribution is 2.42. The maximum atomic E-state index is 6.14. The quantitative estimate of drug-likeness (QED) is 0.810.